The summed E-state index contributed by atoms with van der Waals surface area (Å²) in [6.45, 7) is 4.70. The second-order valence-electron chi connectivity index (χ2n) is 6.36. The standard InChI is InChI=1S/C17H22O/c1-11-7-8-14(9-12(11)2)16-10-13-5-3-4-6-15(13)17(16)18/h3-6,11-12,14,16H,7-10H2,1-2H3. The highest BCUT2D eigenvalue weighted by Gasteiger charge is 2.38. The van der Waals surface area contributed by atoms with Crippen LogP contribution in [0.25, 0.3) is 0 Å². The summed E-state index contributed by atoms with van der Waals surface area (Å²) in [5.74, 6) is 2.92. The number of rotatable bonds is 1. The van der Waals surface area contributed by atoms with Gasteiger partial charge in [0.05, 0.1) is 0 Å². The van der Waals surface area contributed by atoms with Crippen molar-refractivity contribution in [2.24, 2.45) is 23.7 Å². The minimum absolute atomic E-state index is 0.275. The molecule has 3 rings (SSSR count). The fraction of sp³-hybridized carbons (Fsp3) is 0.588. The Balaban J connectivity index is 1.78. The third-order valence-electron chi connectivity index (χ3n) is 5.27. The minimum Gasteiger partial charge on any atom is -0.294 e. The first-order valence-electron chi connectivity index (χ1n) is 7.29. The van der Waals surface area contributed by atoms with E-state index in [2.05, 4.69) is 26.0 Å². The molecule has 1 aromatic carbocycles. The summed E-state index contributed by atoms with van der Waals surface area (Å²) in [4.78, 5) is 12.5. The second-order valence-corrected chi connectivity index (χ2v) is 6.36. The van der Waals surface area contributed by atoms with Crippen LogP contribution in [0.5, 0.6) is 0 Å². The Morgan fingerprint density at radius 1 is 1.06 bits per heavy atom. The maximum absolute atomic E-state index is 12.5. The van der Waals surface area contributed by atoms with Crippen LogP contribution in [0.4, 0.5) is 0 Å². The normalized spacial score (nSPS) is 35.6. The van der Waals surface area contributed by atoms with Crippen molar-refractivity contribution in [3.8, 4) is 0 Å². The van der Waals surface area contributed by atoms with Crippen molar-refractivity contribution >= 4 is 5.78 Å². The van der Waals surface area contributed by atoms with Crippen molar-refractivity contribution in [3.63, 3.8) is 0 Å². The van der Waals surface area contributed by atoms with E-state index in [0.717, 1.165) is 23.8 Å². The molecule has 1 fully saturated rings. The van der Waals surface area contributed by atoms with Crippen molar-refractivity contribution in [1.82, 2.24) is 0 Å². The van der Waals surface area contributed by atoms with Crippen molar-refractivity contribution in [2.45, 2.75) is 39.5 Å². The molecule has 0 radical (unpaired) electrons. The van der Waals surface area contributed by atoms with E-state index < -0.39 is 0 Å². The monoisotopic (exact) mass is 242 g/mol. The van der Waals surface area contributed by atoms with E-state index in [-0.39, 0.29) is 5.92 Å². The SMILES string of the molecule is CC1CCC(C2Cc3ccccc3C2=O)CC1C. The van der Waals surface area contributed by atoms with Gasteiger partial charge in [0.15, 0.2) is 5.78 Å². The molecular weight excluding hydrogens is 220 g/mol. The molecule has 0 saturated heterocycles. The highest BCUT2D eigenvalue weighted by molar-refractivity contribution is 6.02. The van der Waals surface area contributed by atoms with Gasteiger partial charge < -0.3 is 0 Å². The molecule has 96 valence electrons. The van der Waals surface area contributed by atoms with E-state index in [0.29, 0.717) is 11.7 Å². The lowest BCUT2D eigenvalue weighted by molar-refractivity contribution is 0.0821. The van der Waals surface area contributed by atoms with Gasteiger partial charge in [0.2, 0.25) is 0 Å². The summed E-state index contributed by atoms with van der Waals surface area (Å²) in [5, 5.41) is 0. The topological polar surface area (TPSA) is 17.1 Å². The summed E-state index contributed by atoms with van der Waals surface area (Å²) in [5.41, 5.74) is 2.27. The quantitative estimate of drug-likeness (QED) is 0.724. The smallest absolute Gasteiger partial charge is 0.166 e. The first-order chi connectivity index (χ1) is 8.66. The average Bonchev–Trinajstić information content (AvgIpc) is 2.71. The molecule has 0 amide bonds. The zero-order valence-electron chi connectivity index (χ0n) is 11.4. The Morgan fingerprint density at radius 2 is 1.83 bits per heavy atom. The zero-order chi connectivity index (χ0) is 12.7. The van der Waals surface area contributed by atoms with Gasteiger partial charge in [0.1, 0.15) is 0 Å². The Labute approximate surface area is 110 Å². The second kappa shape index (κ2) is 4.53. The van der Waals surface area contributed by atoms with Gasteiger partial charge in [-0.2, -0.15) is 0 Å². The molecule has 1 heteroatoms. The molecule has 1 nitrogen and oxygen atoms in total. The van der Waals surface area contributed by atoms with E-state index in [1.807, 2.05) is 12.1 Å². The molecule has 0 aromatic heterocycles. The van der Waals surface area contributed by atoms with Crippen LogP contribution in [0.2, 0.25) is 0 Å². The van der Waals surface area contributed by atoms with Crippen molar-refractivity contribution in [2.75, 3.05) is 0 Å². The average molecular weight is 242 g/mol. The molecule has 0 bridgehead atoms. The van der Waals surface area contributed by atoms with Crippen LogP contribution in [0.15, 0.2) is 24.3 Å². The third-order valence-corrected chi connectivity index (χ3v) is 5.27. The maximum Gasteiger partial charge on any atom is 0.166 e. The lowest BCUT2D eigenvalue weighted by atomic mass is 9.70. The molecule has 2 aliphatic carbocycles. The van der Waals surface area contributed by atoms with Crippen LogP contribution in [0, 0.1) is 23.7 Å². The van der Waals surface area contributed by atoms with E-state index in [1.54, 1.807) is 0 Å². The number of hydrogen-bond acceptors (Lipinski definition) is 1. The summed E-state index contributed by atoms with van der Waals surface area (Å²) >= 11 is 0. The first kappa shape index (κ1) is 12.0. The summed E-state index contributed by atoms with van der Waals surface area (Å²) in [7, 11) is 0. The number of carbonyl (C=O) groups excluding carboxylic acids is 1. The predicted octanol–water partition coefficient (Wildman–Crippen LogP) is 4.11. The summed E-state index contributed by atoms with van der Waals surface area (Å²) in [6.07, 6.45) is 4.77. The number of ketones is 1. The van der Waals surface area contributed by atoms with Crippen molar-refractivity contribution in [1.29, 1.82) is 0 Å². The van der Waals surface area contributed by atoms with Crippen LogP contribution in [0.1, 0.15) is 49.0 Å². The first-order valence-corrected chi connectivity index (χ1v) is 7.29. The number of fused-ring (bicyclic) bond motifs is 1. The number of carbonyl (C=O) groups is 1. The van der Waals surface area contributed by atoms with E-state index >= 15 is 0 Å². The largest absolute Gasteiger partial charge is 0.294 e. The van der Waals surface area contributed by atoms with Gasteiger partial charge in [-0.25, -0.2) is 0 Å². The van der Waals surface area contributed by atoms with Gasteiger partial charge >= 0.3 is 0 Å². The third kappa shape index (κ3) is 1.90. The lowest BCUT2D eigenvalue weighted by Crippen LogP contribution is -2.29. The molecule has 2 aliphatic rings. The molecule has 1 aromatic rings. The van der Waals surface area contributed by atoms with Gasteiger partial charge in [-0.1, -0.05) is 44.5 Å². The van der Waals surface area contributed by atoms with Crippen LogP contribution in [0.3, 0.4) is 0 Å². The van der Waals surface area contributed by atoms with Gasteiger partial charge in [-0.05, 0) is 42.6 Å². The van der Waals surface area contributed by atoms with Gasteiger partial charge in [0.25, 0.3) is 0 Å². The highest BCUT2D eigenvalue weighted by Crippen LogP contribution is 2.42. The molecule has 18 heavy (non-hydrogen) atoms. The van der Waals surface area contributed by atoms with Crippen LogP contribution < -0.4 is 0 Å². The Kier molecular flexibility index (Phi) is 3.01. The number of Topliss-reactive ketones (excluding diaryl/α,β-unsaturated/α-hetero) is 1. The molecule has 1 saturated carbocycles. The van der Waals surface area contributed by atoms with Gasteiger partial charge in [-0.15, -0.1) is 0 Å². The lowest BCUT2D eigenvalue weighted by Gasteiger charge is -2.34. The van der Waals surface area contributed by atoms with Gasteiger partial charge in [-0.3, -0.25) is 4.79 Å². The number of benzene rings is 1. The van der Waals surface area contributed by atoms with Crippen LogP contribution in [-0.4, -0.2) is 5.78 Å². The summed E-state index contributed by atoms with van der Waals surface area (Å²) in [6, 6.07) is 8.18. The fourth-order valence-electron chi connectivity index (χ4n) is 3.80. The predicted molar refractivity (Wildman–Crippen MR) is 73.6 cm³/mol. The molecule has 0 N–H and O–H groups in total. The van der Waals surface area contributed by atoms with E-state index in [1.165, 1.54) is 24.8 Å². The minimum atomic E-state index is 0.275. The molecule has 0 spiro atoms. The molecule has 0 heterocycles. The molecule has 4 atom stereocenters. The Morgan fingerprint density at radius 3 is 2.56 bits per heavy atom. The van der Waals surface area contributed by atoms with Crippen LogP contribution in [-0.2, 0) is 6.42 Å². The zero-order valence-corrected chi connectivity index (χ0v) is 11.4. The Hall–Kier alpha value is -1.11. The highest BCUT2D eigenvalue weighted by atomic mass is 16.1. The summed E-state index contributed by atoms with van der Waals surface area (Å²) < 4.78 is 0. The molecular formula is C17H22O. The van der Waals surface area contributed by atoms with Crippen molar-refractivity contribution in [3.05, 3.63) is 35.4 Å². The van der Waals surface area contributed by atoms with E-state index in [9.17, 15) is 4.79 Å². The number of hydrogen-bond donors (Lipinski definition) is 0. The molecule has 4 unspecified atom stereocenters. The van der Waals surface area contributed by atoms with Crippen molar-refractivity contribution < 1.29 is 4.79 Å². The van der Waals surface area contributed by atoms with E-state index in [4.69, 9.17) is 0 Å². The Bertz CT molecular complexity index is 462. The van der Waals surface area contributed by atoms with Crippen LogP contribution >= 0.6 is 0 Å². The van der Waals surface area contributed by atoms with Gasteiger partial charge in [0, 0.05) is 11.5 Å². The fourth-order valence-corrected chi connectivity index (χ4v) is 3.80. The molecule has 0 aliphatic heterocycles. The maximum atomic E-state index is 12.5.